The van der Waals surface area contributed by atoms with Crippen LogP contribution in [0.15, 0.2) is 42.5 Å². The molecule has 0 aromatic heterocycles. The molecule has 0 unspecified atom stereocenters. The van der Waals surface area contributed by atoms with Crippen LogP contribution in [0.4, 0.5) is 4.39 Å². The van der Waals surface area contributed by atoms with Crippen LogP contribution in [0.25, 0.3) is 0 Å². The van der Waals surface area contributed by atoms with Crippen molar-refractivity contribution in [3.63, 3.8) is 0 Å². The summed E-state index contributed by atoms with van der Waals surface area (Å²) in [5.41, 5.74) is 1.78. The summed E-state index contributed by atoms with van der Waals surface area (Å²) < 4.78 is 24.3. The minimum atomic E-state index is -0.451. The molecule has 0 saturated heterocycles. The predicted octanol–water partition coefficient (Wildman–Crippen LogP) is 2.97. The number of nitrogens with zero attached hydrogens (tertiary/aromatic N) is 1. The Bertz CT molecular complexity index is 821. The standard InChI is InChI=1S/C20H20FNO4/c1-2-25-19(23)13-26-18-9-5-7-16-15(18)10-11-22(20(16)24)12-14-6-3-4-8-17(14)21/h3-9H,2,10-13H2,1H3. The van der Waals surface area contributed by atoms with Crippen molar-refractivity contribution in [2.45, 2.75) is 19.9 Å². The topological polar surface area (TPSA) is 55.8 Å². The summed E-state index contributed by atoms with van der Waals surface area (Å²) in [6, 6.07) is 11.6. The molecule has 0 N–H and O–H groups in total. The predicted molar refractivity (Wildman–Crippen MR) is 93.4 cm³/mol. The van der Waals surface area contributed by atoms with Gasteiger partial charge in [0.2, 0.25) is 0 Å². The molecule has 0 spiro atoms. The van der Waals surface area contributed by atoms with Gasteiger partial charge in [0, 0.05) is 29.8 Å². The number of fused-ring (bicyclic) bond motifs is 1. The molecule has 5 nitrogen and oxygen atoms in total. The van der Waals surface area contributed by atoms with Crippen molar-refractivity contribution < 1.29 is 23.5 Å². The summed E-state index contributed by atoms with van der Waals surface area (Å²) >= 11 is 0. The summed E-state index contributed by atoms with van der Waals surface area (Å²) in [6.45, 7) is 2.50. The molecule has 0 aliphatic carbocycles. The van der Waals surface area contributed by atoms with Gasteiger partial charge < -0.3 is 14.4 Å². The molecule has 0 radical (unpaired) electrons. The van der Waals surface area contributed by atoms with Crippen molar-refractivity contribution in [3.05, 3.63) is 65.0 Å². The third kappa shape index (κ3) is 3.85. The van der Waals surface area contributed by atoms with Gasteiger partial charge >= 0.3 is 5.97 Å². The van der Waals surface area contributed by atoms with Gasteiger partial charge in [0.1, 0.15) is 11.6 Å². The van der Waals surface area contributed by atoms with E-state index in [9.17, 15) is 14.0 Å². The normalized spacial score (nSPS) is 13.3. The number of hydrogen-bond donors (Lipinski definition) is 0. The van der Waals surface area contributed by atoms with E-state index in [4.69, 9.17) is 9.47 Å². The lowest BCUT2D eigenvalue weighted by Crippen LogP contribution is -2.37. The van der Waals surface area contributed by atoms with Crippen LogP contribution in [0.2, 0.25) is 0 Å². The quantitative estimate of drug-likeness (QED) is 0.746. The fraction of sp³-hybridized carbons (Fsp3) is 0.300. The third-order valence-corrected chi connectivity index (χ3v) is 4.25. The first-order valence-corrected chi connectivity index (χ1v) is 8.53. The Hall–Kier alpha value is -2.89. The molecule has 6 heteroatoms. The maximum Gasteiger partial charge on any atom is 0.344 e. The summed E-state index contributed by atoms with van der Waals surface area (Å²) in [5.74, 6) is -0.434. The zero-order valence-electron chi connectivity index (χ0n) is 14.5. The van der Waals surface area contributed by atoms with Gasteiger partial charge in [-0.1, -0.05) is 24.3 Å². The second kappa shape index (κ2) is 7.99. The molecular formula is C20H20FNO4. The monoisotopic (exact) mass is 357 g/mol. The largest absolute Gasteiger partial charge is 0.482 e. The second-order valence-corrected chi connectivity index (χ2v) is 5.94. The van der Waals surface area contributed by atoms with Crippen LogP contribution in [0.3, 0.4) is 0 Å². The van der Waals surface area contributed by atoms with Gasteiger partial charge in [0.25, 0.3) is 5.91 Å². The molecule has 0 fully saturated rings. The molecule has 136 valence electrons. The number of hydrogen-bond acceptors (Lipinski definition) is 4. The molecular weight excluding hydrogens is 337 g/mol. The molecule has 1 amide bonds. The van der Waals surface area contributed by atoms with E-state index >= 15 is 0 Å². The van der Waals surface area contributed by atoms with Crippen molar-refractivity contribution in [1.82, 2.24) is 4.90 Å². The average molecular weight is 357 g/mol. The summed E-state index contributed by atoms with van der Waals surface area (Å²) in [4.78, 5) is 25.9. The highest BCUT2D eigenvalue weighted by atomic mass is 19.1. The summed E-state index contributed by atoms with van der Waals surface area (Å²) in [6.07, 6.45) is 0.578. The number of benzene rings is 2. The van der Waals surface area contributed by atoms with Crippen LogP contribution in [0.5, 0.6) is 5.75 Å². The van der Waals surface area contributed by atoms with Crippen LogP contribution < -0.4 is 4.74 Å². The lowest BCUT2D eigenvalue weighted by atomic mass is 9.97. The minimum Gasteiger partial charge on any atom is -0.482 e. The first-order chi connectivity index (χ1) is 12.6. The number of amides is 1. The van der Waals surface area contributed by atoms with E-state index in [1.54, 1.807) is 48.2 Å². The summed E-state index contributed by atoms with van der Waals surface area (Å²) in [7, 11) is 0. The molecule has 1 aliphatic heterocycles. The number of carbonyl (C=O) groups is 2. The SMILES string of the molecule is CCOC(=O)COc1cccc2c1CCN(Cc1ccccc1F)C2=O. The third-order valence-electron chi connectivity index (χ3n) is 4.25. The number of carbonyl (C=O) groups excluding carboxylic acids is 2. The van der Waals surface area contributed by atoms with E-state index in [2.05, 4.69) is 0 Å². The Morgan fingerprint density at radius 1 is 1.19 bits per heavy atom. The Kier molecular flexibility index (Phi) is 5.51. The number of ether oxygens (including phenoxy) is 2. The van der Waals surface area contributed by atoms with Gasteiger partial charge in [-0.15, -0.1) is 0 Å². The van der Waals surface area contributed by atoms with Crippen molar-refractivity contribution >= 4 is 11.9 Å². The molecule has 0 atom stereocenters. The number of rotatable bonds is 6. The van der Waals surface area contributed by atoms with E-state index in [0.717, 1.165) is 5.56 Å². The van der Waals surface area contributed by atoms with E-state index in [1.807, 2.05) is 0 Å². The lowest BCUT2D eigenvalue weighted by molar-refractivity contribution is -0.145. The van der Waals surface area contributed by atoms with E-state index in [-0.39, 0.29) is 24.9 Å². The summed E-state index contributed by atoms with van der Waals surface area (Å²) in [5, 5.41) is 0. The highest BCUT2D eigenvalue weighted by molar-refractivity contribution is 5.97. The van der Waals surface area contributed by atoms with Gasteiger partial charge in [-0.3, -0.25) is 4.79 Å². The van der Waals surface area contributed by atoms with Crippen molar-refractivity contribution in [2.75, 3.05) is 19.8 Å². The zero-order chi connectivity index (χ0) is 18.5. The highest BCUT2D eigenvalue weighted by Gasteiger charge is 2.27. The average Bonchev–Trinajstić information content (AvgIpc) is 2.64. The molecule has 26 heavy (non-hydrogen) atoms. The Labute approximate surface area is 151 Å². The van der Waals surface area contributed by atoms with Crippen LogP contribution >= 0.6 is 0 Å². The smallest absolute Gasteiger partial charge is 0.344 e. The lowest BCUT2D eigenvalue weighted by Gasteiger charge is -2.29. The van der Waals surface area contributed by atoms with Crippen molar-refractivity contribution in [2.24, 2.45) is 0 Å². The van der Waals surface area contributed by atoms with Crippen molar-refractivity contribution in [3.8, 4) is 5.75 Å². The van der Waals surface area contributed by atoms with Gasteiger partial charge in [0.15, 0.2) is 6.61 Å². The molecule has 1 heterocycles. The van der Waals surface area contributed by atoms with Gasteiger partial charge in [-0.2, -0.15) is 0 Å². The Morgan fingerprint density at radius 3 is 2.77 bits per heavy atom. The van der Waals surface area contributed by atoms with Crippen LogP contribution in [-0.2, 0) is 22.5 Å². The van der Waals surface area contributed by atoms with Crippen LogP contribution in [-0.4, -0.2) is 36.5 Å². The molecule has 0 saturated carbocycles. The van der Waals surface area contributed by atoms with Crippen molar-refractivity contribution in [1.29, 1.82) is 0 Å². The zero-order valence-corrected chi connectivity index (χ0v) is 14.5. The minimum absolute atomic E-state index is 0.170. The molecule has 2 aromatic carbocycles. The fourth-order valence-electron chi connectivity index (χ4n) is 3.00. The van der Waals surface area contributed by atoms with E-state index in [1.165, 1.54) is 6.07 Å². The number of esters is 1. The van der Waals surface area contributed by atoms with E-state index in [0.29, 0.717) is 36.4 Å². The highest BCUT2D eigenvalue weighted by Crippen LogP contribution is 2.29. The van der Waals surface area contributed by atoms with Crippen LogP contribution in [0, 0.1) is 5.82 Å². The first kappa shape index (κ1) is 17.9. The number of halogens is 1. The maximum absolute atomic E-state index is 13.9. The molecule has 2 aromatic rings. The molecule has 1 aliphatic rings. The Balaban J connectivity index is 1.75. The maximum atomic E-state index is 13.9. The Morgan fingerprint density at radius 2 is 2.00 bits per heavy atom. The van der Waals surface area contributed by atoms with Gasteiger partial charge in [-0.05, 0) is 31.5 Å². The fourth-order valence-corrected chi connectivity index (χ4v) is 3.00. The van der Waals surface area contributed by atoms with Gasteiger partial charge in [-0.25, -0.2) is 9.18 Å². The second-order valence-electron chi connectivity index (χ2n) is 5.94. The first-order valence-electron chi connectivity index (χ1n) is 8.53. The molecule has 3 rings (SSSR count). The van der Waals surface area contributed by atoms with Crippen LogP contribution in [0.1, 0.15) is 28.4 Å². The van der Waals surface area contributed by atoms with Gasteiger partial charge in [0.05, 0.1) is 6.61 Å². The molecule has 0 bridgehead atoms. The van der Waals surface area contributed by atoms with E-state index < -0.39 is 5.97 Å².